The van der Waals surface area contributed by atoms with Crippen LogP contribution in [-0.2, 0) is 11.3 Å². The molecule has 2 aromatic carbocycles. The van der Waals surface area contributed by atoms with Crippen molar-refractivity contribution in [3.8, 4) is 5.75 Å². The molecule has 3 aliphatic rings. The molecule has 188 valence electrons. The lowest BCUT2D eigenvalue weighted by Crippen LogP contribution is -2.44. The number of piperazine rings is 1. The van der Waals surface area contributed by atoms with Gasteiger partial charge in [0.2, 0.25) is 0 Å². The van der Waals surface area contributed by atoms with Gasteiger partial charge in [0.1, 0.15) is 18.6 Å². The zero-order chi connectivity index (χ0) is 24.8. The molecule has 3 heterocycles. The number of hydrazine groups is 1. The van der Waals surface area contributed by atoms with Gasteiger partial charge in [0.25, 0.3) is 0 Å². The van der Waals surface area contributed by atoms with E-state index >= 15 is 0 Å². The minimum atomic E-state index is 0.609. The molecule has 5 rings (SSSR count). The summed E-state index contributed by atoms with van der Waals surface area (Å²) >= 11 is 0. The van der Waals surface area contributed by atoms with Gasteiger partial charge in [-0.3, -0.25) is 14.7 Å². The fourth-order valence-corrected chi connectivity index (χ4v) is 5.03. The van der Waals surface area contributed by atoms with Crippen molar-refractivity contribution in [3.05, 3.63) is 70.9 Å². The van der Waals surface area contributed by atoms with Crippen LogP contribution < -0.4 is 15.2 Å². The van der Waals surface area contributed by atoms with E-state index in [0.29, 0.717) is 18.8 Å². The maximum atomic E-state index is 10.4. The number of anilines is 1. The fraction of sp³-hybridized carbons (Fsp3) is 0.464. The van der Waals surface area contributed by atoms with Gasteiger partial charge in [-0.15, -0.1) is 0 Å². The number of likely N-dealkylation sites (tertiary alicyclic amines) is 2. The molecule has 2 unspecified atom stereocenters. The Hall–Kier alpha value is -2.71. The monoisotopic (exact) mass is 478 g/mol. The quantitative estimate of drug-likeness (QED) is 0.460. The summed E-state index contributed by atoms with van der Waals surface area (Å²) in [4.78, 5) is 15.6. The molecule has 2 aromatic rings. The second kappa shape index (κ2) is 11.8. The van der Waals surface area contributed by atoms with Crippen LogP contribution in [0, 0.1) is 13.8 Å². The van der Waals surface area contributed by atoms with Gasteiger partial charge in [-0.25, -0.2) is 5.43 Å². The van der Waals surface area contributed by atoms with Crippen molar-refractivity contribution in [2.45, 2.75) is 38.9 Å². The Morgan fingerprint density at radius 2 is 1.83 bits per heavy atom. The third-order valence-corrected chi connectivity index (χ3v) is 7.34. The summed E-state index contributed by atoms with van der Waals surface area (Å²) < 4.78 is 10.8. The van der Waals surface area contributed by atoms with Gasteiger partial charge in [0.15, 0.2) is 0 Å². The Morgan fingerprint density at radius 1 is 1.03 bits per heavy atom. The largest absolute Gasteiger partial charge is 0.491 e. The number of methoxy groups -OCH3 is 1. The van der Waals surface area contributed by atoms with Crippen LogP contribution in [0.2, 0.25) is 0 Å². The number of aldehydes is 1. The van der Waals surface area contributed by atoms with Crippen molar-refractivity contribution in [2.75, 3.05) is 52.0 Å². The molecule has 7 heteroatoms. The number of hydrogen-bond acceptors (Lipinski definition) is 7. The van der Waals surface area contributed by atoms with Gasteiger partial charge in [-0.05, 0) is 74.3 Å². The lowest BCUT2D eigenvalue weighted by molar-refractivity contribution is 0.112. The summed E-state index contributed by atoms with van der Waals surface area (Å²) in [5, 5.41) is 1.93. The number of nitrogens with zero attached hydrogens (tertiary/aromatic N) is 3. The summed E-state index contributed by atoms with van der Waals surface area (Å²) in [6, 6.07) is 13.3. The Labute approximate surface area is 209 Å². The van der Waals surface area contributed by atoms with Crippen LogP contribution in [0.5, 0.6) is 5.75 Å². The second-order valence-electron chi connectivity index (χ2n) is 9.55. The topological polar surface area (TPSA) is 57.3 Å². The molecule has 3 aliphatic heterocycles. The van der Waals surface area contributed by atoms with Crippen LogP contribution in [0.3, 0.4) is 0 Å². The fourth-order valence-electron chi connectivity index (χ4n) is 5.03. The molecule has 0 aliphatic carbocycles. The first kappa shape index (κ1) is 25.4. The molecule has 2 bridgehead atoms. The number of ether oxygens (including phenoxy) is 2. The van der Waals surface area contributed by atoms with E-state index in [9.17, 15) is 4.79 Å². The number of rotatable bonds is 8. The average molecular weight is 479 g/mol. The van der Waals surface area contributed by atoms with E-state index in [2.05, 4.69) is 48.3 Å². The number of carbonyl (C=O) groups excluding carboxylic acids is 1. The number of likely N-dealkylation sites (N-methyl/N-ethyl adjacent to an activating group) is 1. The highest BCUT2D eigenvalue weighted by Gasteiger charge is 2.41. The first-order valence-electron chi connectivity index (χ1n) is 12.4. The minimum Gasteiger partial charge on any atom is -0.491 e. The van der Waals surface area contributed by atoms with E-state index < -0.39 is 0 Å². The van der Waals surface area contributed by atoms with Crippen molar-refractivity contribution < 1.29 is 14.3 Å². The molecule has 0 aromatic heterocycles. The van der Waals surface area contributed by atoms with E-state index in [1.807, 2.05) is 29.4 Å². The van der Waals surface area contributed by atoms with Crippen LogP contribution in [0.25, 0.3) is 0 Å². The van der Waals surface area contributed by atoms with Crippen molar-refractivity contribution in [2.24, 2.45) is 0 Å². The third-order valence-electron chi connectivity index (χ3n) is 7.34. The van der Waals surface area contributed by atoms with E-state index in [1.54, 1.807) is 19.2 Å². The van der Waals surface area contributed by atoms with Crippen LogP contribution >= 0.6 is 0 Å². The summed E-state index contributed by atoms with van der Waals surface area (Å²) in [5.41, 5.74) is 8.95. The first-order chi connectivity index (χ1) is 17.0. The van der Waals surface area contributed by atoms with Gasteiger partial charge >= 0.3 is 0 Å². The smallest absolute Gasteiger partial charge is 0.150 e. The zero-order valence-electron chi connectivity index (χ0n) is 21.4. The second-order valence-corrected chi connectivity index (χ2v) is 9.55. The Balaban J connectivity index is 0.000000189. The van der Waals surface area contributed by atoms with Crippen molar-refractivity contribution in [1.29, 1.82) is 0 Å². The highest BCUT2D eigenvalue weighted by molar-refractivity contribution is 5.75. The van der Waals surface area contributed by atoms with Gasteiger partial charge in [-0.2, -0.15) is 0 Å². The van der Waals surface area contributed by atoms with Crippen molar-refractivity contribution in [3.63, 3.8) is 0 Å². The van der Waals surface area contributed by atoms with E-state index in [0.717, 1.165) is 42.9 Å². The predicted octanol–water partition coefficient (Wildman–Crippen LogP) is 3.55. The maximum Gasteiger partial charge on any atom is 0.150 e. The number of fused-ring (bicyclic) bond motifs is 2. The van der Waals surface area contributed by atoms with Gasteiger partial charge in [0, 0.05) is 57.1 Å². The third kappa shape index (κ3) is 6.11. The molecule has 7 nitrogen and oxygen atoms in total. The van der Waals surface area contributed by atoms with E-state index in [1.165, 1.54) is 36.2 Å². The molecular weight excluding hydrogens is 440 g/mol. The van der Waals surface area contributed by atoms with Crippen LogP contribution in [-0.4, -0.2) is 75.2 Å². The lowest BCUT2D eigenvalue weighted by atomic mass is 10.0. The van der Waals surface area contributed by atoms with Gasteiger partial charge < -0.3 is 14.4 Å². The highest BCUT2D eigenvalue weighted by atomic mass is 16.5. The molecular formula is C28H38N4O3. The zero-order valence-corrected chi connectivity index (χ0v) is 21.4. The molecule has 0 saturated carbocycles. The molecule has 35 heavy (non-hydrogen) atoms. The SMILES string of the molecule is COCCOc1ccc(CN2CC3CC2CN3C)c(C)c1C.O=Cc1ccc(N2C=CCN2)cc1. The van der Waals surface area contributed by atoms with Crippen molar-refractivity contribution in [1.82, 2.24) is 15.2 Å². The summed E-state index contributed by atoms with van der Waals surface area (Å²) in [6.07, 6.45) is 6.19. The van der Waals surface area contributed by atoms with Crippen LogP contribution in [0.15, 0.2) is 48.7 Å². The summed E-state index contributed by atoms with van der Waals surface area (Å²) in [6.45, 7) is 9.98. The molecule has 0 radical (unpaired) electrons. The van der Waals surface area contributed by atoms with Crippen LogP contribution in [0.4, 0.5) is 5.69 Å². The number of nitrogens with one attached hydrogen (secondary N) is 1. The number of hydrogen-bond donors (Lipinski definition) is 1. The lowest BCUT2D eigenvalue weighted by Gasteiger charge is -2.32. The number of carbonyl (C=O) groups is 1. The molecule has 0 spiro atoms. The van der Waals surface area contributed by atoms with E-state index in [4.69, 9.17) is 9.47 Å². The Bertz CT molecular complexity index is 1020. The molecule has 2 atom stereocenters. The summed E-state index contributed by atoms with van der Waals surface area (Å²) in [5.74, 6) is 0.987. The minimum absolute atomic E-state index is 0.609. The average Bonchev–Trinajstić information content (AvgIpc) is 3.62. The van der Waals surface area contributed by atoms with Crippen LogP contribution in [0.1, 0.15) is 33.5 Å². The summed E-state index contributed by atoms with van der Waals surface area (Å²) in [7, 11) is 3.95. The van der Waals surface area contributed by atoms with Gasteiger partial charge in [0.05, 0.1) is 12.3 Å². The molecule has 1 N–H and O–H groups in total. The number of benzene rings is 2. The molecule has 2 saturated heterocycles. The standard InChI is InChI=1S/C18H28N2O2.C10H10N2O/c1-13-14(2)18(22-8-7-21-4)6-5-15(13)10-20-12-16-9-17(20)11-19(16)3;13-8-9-2-4-10(5-3-9)12-7-1-6-11-12/h5-6,16-17H,7-12H2,1-4H3;1-5,7-8,11H,6H2. The molecule has 2 fully saturated rings. The Morgan fingerprint density at radius 3 is 2.43 bits per heavy atom. The maximum absolute atomic E-state index is 10.4. The van der Waals surface area contributed by atoms with Gasteiger partial charge in [-0.1, -0.05) is 12.1 Å². The van der Waals surface area contributed by atoms with Crippen molar-refractivity contribution >= 4 is 12.0 Å². The first-order valence-corrected chi connectivity index (χ1v) is 12.4. The Kier molecular flexibility index (Phi) is 8.57. The highest BCUT2D eigenvalue weighted by Crippen LogP contribution is 2.32. The normalized spacial score (nSPS) is 21.3. The molecule has 0 amide bonds. The van der Waals surface area contributed by atoms with E-state index in [-0.39, 0.29) is 0 Å². The predicted molar refractivity (Wildman–Crippen MR) is 140 cm³/mol.